The number of nitrogens with zero attached hydrogens (tertiary/aromatic N) is 1. The molecule has 3 nitrogen and oxygen atoms in total. The van der Waals surface area contributed by atoms with Gasteiger partial charge >= 0.3 is 0 Å². The summed E-state index contributed by atoms with van der Waals surface area (Å²) in [5, 5.41) is 18.3. The van der Waals surface area contributed by atoms with Crippen LogP contribution in [0, 0.1) is 13.0 Å². The largest absolute Gasteiger partial charge is 0.393 e. The second kappa shape index (κ2) is 10.8. The number of aliphatic hydroxyl groups is 2. The molecule has 0 spiro atoms. The van der Waals surface area contributed by atoms with E-state index in [4.69, 9.17) is 15.2 Å². The summed E-state index contributed by atoms with van der Waals surface area (Å²) in [6.07, 6.45) is 7.95. The summed E-state index contributed by atoms with van der Waals surface area (Å²) in [6, 6.07) is 10.7. The Kier molecular flexibility index (Phi) is 9.52. The van der Waals surface area contributed by atoms with Gasteiger partial charge in [0.05, 0.1) is 12.2 Å². The van der Waals surface area contributed by atoms with Crippen molar-refractivity contribution in [2.75, 3.05) is 0 Å². The Morgan fingerprint density at radius 1 is 1.08 bits per heavy atom. The number of hydrogen-bond donors (Lipinski definition) is 2. The van der Waals surface area contributed by atoms with E-state index in [0.717, 1.165) is 24.1 Å². The molecule has 3 rings (SSSR count). The first kappa shape index (κ1) is 22.0. The third kappa shape index (κ3) is 7.37. The average molecular weight is 519 g/mol. The van der Waals surface area contributed by atoms with Crippen molar-refractivity contribution in [1.82, 2.24) is 4.98 Å². The van der Waals surface area contributed by atoms with Crippen LogP contribution in [-0.4, -0.2) is 27.4 Å². The van der Waals surface area contributed by atoms with Gasteiger partial charge in [0.25, 0.3) is 0 Å². The molecule has 0 bridgehead atoms. The molecule has 2 unspecified atom stereocenters. The molecule has 2 N–H and O–H groups in total. The van der Waals surface area contributed by atoms with Crippen LogP contribution in [0.25, 0.3) is 16.5 Å². The molecule has 1 aliphatic rings. The van der Waals surface area contributed by atoms with E-state index < -0.39 is 0 Å². The number of benzene rings is 1. The predicted molar refractivity (Wildman–Crippen MR) is 99.6 cm³/mol. The van der Waals surface area contributed by atoms with Crippen LogP contribution in [0.15, 0.2) is 30.3 Å². The molecule has 2 atom stereocenters. The molecular weight excluding hydrogens is 490 g/mol. The van der Waals surface area contributed by atoms with Gasteiger partial charge in [0.1, 0.15) is 0 Å². The van der Waals surface area contributed by atoms with Crippen molar-refractivity contribution in [1.29, 1.82) is 0 Å². The SMILES string of the molecule is CC(O)CC(C)O.Cc1ccc2ccc(C3=[C-]CCCC3)nc2c1.[Ir]. The van der Waals surface area contributed by atoms with Crippen molar-refractivity contribution in [2.45, 2.75) is 65.1 Å². The molecule has 1 aromatic carbocycles. The third-order valence-electron chi connectivity index (χ3n) is 4.03. The maximum atomic E-state index is 8.56. The van der Waals surface area contributed by atoms with E-state index in [-0.39, 0.29) is 32.3 Å². The smallest absolute Gasteiger partial charge is 0.0536 e. The Labute approximate surface area is 164 Å². The first-order chi connectivity index (χ1) is 11.5. The van der Waals surface area contributed by atoms with E-state index in [1.807, 2.05) is 0 Å². The Morgan fingerprint density at radius 2 is 1.76 bits per heavy atom. The molecule has 4 heteroatoms. The van der Waals surface area contributed by atoms with E-state index in [1.165, 1.54) is 29.4 Å². The van der Waals surface area contributed by atoms with Gasteiger partial charge in [-0.1, -0.05) is 43.2 Å². The summed E-state index contributed by atoms with van der Waals surface area (Å²) < 4.78 is 0. The summed E-state index contributed by atoms with van der Waals surface area (Å²) in [6.45, 7) is 5.43. The van der Waals surface area contributed by atoms with Crippen LogP contribution in [0.3, 0.4) is 0 Å². The van der Waals surface area contributed by atoms with Gasteiger partial charge in [-0.15, -0.1) is 12.5 Å². The number of aliphatic hydroxyl groups excluding tert-OH is 2. The van der Waals surface area contributed by atoms with Crippen LogP contribution in [0.1, 0.15) is 57.2 Å². The number of hydrogen-bond acceptors (Lipinski definition) is 3. The second-order valence-electron chi connectivity index (χ2n) is 6.69. The van der Waals surface area contributed by atoms with E-state index in [9.17, 15) is 0 Å². The minimum atomic E-state index is -0.375. The van der Waals surface area contributed by atoms with Crippen LogP contribution >= 0.6 is 0 Å². The molecule has 1 heterocycles. The minimum absolute atomic E-state index is 0. The van der Waals surface area contributed by atoms with E-state index in [2.05, 4.69) is 43.3 Å². The van der Waals surface area contributed by atoms with E-state index in [1.54, 1.807) is 13.8 Å². The van der Waals surface area contributed by atoms with Crippen LogP contribution in [0.2, 0.25) is 0 Å². The number of pyridine rings is 1. The van der Waals surface area contributed by atoms with Gasteiger partial charge in [-0.05, 0) is 44.2 Å². The molecule has 139 valence electrons. The Morgan fingerprint density at radius 3 is 2.32 bits per heavy atom. The number of fused-ring (bicyclic) bond motifs is 1. The van der Waals surface area contributed by atoms with Gasteiger partial charge in [0, 0.05) is 25.6 Å². The summed E-state index contributed by atoms with van der Waals surface area (Å²) >= 11 is 0. The second-order valence-corrected chi connectivity index (χ2v) is 6.69. The van der Waals surface area contributed by atoms with Gasteiger partial charge in [-0.2, -0.15) is 5.57 Å². The van der Waals surface area contributed by atoms with Crippen molar-refractivity contribution < 1.29 is 30.3 Å². The molecule has 25 heavy (non-hydrogen) atoms. The van der Waals surface area contributed by atoms with Crippen LogP contribution in [-0.2, 0) is 20.1 Å². The molecule has 0 fully saturated rings. The summed E-state index contributed by atoms with van der Waals surface area (Å²) in [7, 11) is 0. The van der Waals surface area contributed by atoms with Crippen molar-refractivity contribution in [3.63, 3.8) is 0 Å². The molecule has 1 radical (unpaired) electrons. The summed E-state index contributed by atoms with van der Waals surface area (Å²) in [5.41, 5.74) is 4.79. The first-order valence-electron chi connectivity index (χ1n) is 8.79. The minimum Gasteiger partial charge on any atom is -0.393 e. The Balaban J connectivity index is 0.000000339. The molecule has 1 aliphatic carbocycles. The summed E-state index contributed by atoms with van der Waals surface area (Å²) in [4.78, 5) is 4.76. The van der Waals surface area contributed by atoms with Gasteiger partial charge in [-0.25, -0.2) is 0 Å². The number of rotatable bonds is 3. The first-order valence-corrected chi connectivity index (χ1v) is 8.79. The topological polar surface area (TPSA) is 53.4 Å². The quantitative estimate of drug-likeness (QED) is 0.591. The fourth-order valence-corrected chi connectivity index (χ4v) is 2.86. The van der Waals surface area contributed by atoms with Gasteiger partial charge in [-0.3, -0.25) is 6.08 Å². The zero-order valence-electron chi connectivity index (χ0n) is 15.3. The number of aryl methyl sites for hydroxylation is 1. The van der Waals surface area contributed by atoms with Gasteiger partial charge < -0.3 is 15.2 Å². The van der Waals surface area contributed by atoms with Crippen LogP contribution in [0.4, 0.5) is 0 Å². The Hall–Kier alpha value is -1.06. The molecule has 0 aliphatic heterocycles. The van der Waals surface area contributed by atoms with Crippen molar-refractivity contribution >= 4 is 16.5 Å². The van der Waals surface area contributed by atoms with Crippen molar-refractivity contribution in [2.24, 2.45) is 0 Å². The number of aromatic nitrogens is 1. The van der Waals surface area contributed by atoms with Crippen LogP contribution < -0.4 is 0 Å². The van der Waals surface area contributed by atoms with Crippen molar-refractivity contribution in [3.05, 3.63) is 47.7 Å². The van der Waals surface area contributed by atoms with Crippen LogP contribution in [0.5, 0.6) is 0 Å². The van der Waals surface area contributed by atoms with Crippen molar-refractivity contribution in [3.8, 4) is 0 Å². The standard InChI is InChI=1S/C16H16N.C5H12O2.Ir/c1-12-7-8-14-9-10-15(17-16(14)11-12)13-5-3-2-4-6-13;1-4(6)3-5(2)7;/h7-11H,2-5H2,1H3;4-7H,3H2,1-2H3;/q-1;;. The Bertz CT molecular complexity index is 689. The monoisotopic (exact) mass is 519 g/mol. The third-order valence-corrected chi connectivity index (χ3v) is 4.03. The molecule has 0 saturated heterocycles. The average Bonchev–Trinajstić information content (AvgIpc) is 2.54. The van der Waals surface area contributed by atoms with Gasteiger partial charge in [0.15, 0.2) is 0 Å². The maximum Gasteiger partial charge on any atom is 0.0536 e. The molecular formula is C21H28IrNO2-. The molecule has 1 aromatic heterocycles. The number of allylic oxidation sites excluding steroid dienone is 2. The fraction of sp³-hybridized carbons (Fsp3) is 0.476. The zero-order valence-corrected chi connectivity index (χ0v) is 17.6. The fourth-order valence-electron chi connectivity index (χ4n) is 2.86. The van der Waals surface area contributed by atoms with E-state index >= 15 is 0 Å². The zero-order chi connectivity index (χ0) is 17.5. The summed E-state index contributed by atoms with van der Waals surface area (Å²) in [5.74, 6) is 0. The maximum absolute atomic E-state index is 8.56. The predicted octanol–water partition coefficient (Wildman–Crippen LogP) is 4.44. The normalized spacial score (nSPS) is 16.1. The molecule has 2 aromatic rings. The van der Waals surface area contributed by atoms with Gasteiger partial charge in [0.2, 0.25) is 0 Å². The molecule has 0 saturated carbocycles. The molecule has 0 amide bonds. The van der Waals surface area contributed by atoms with E-state index in [0.29, 0.717) is 6.42 Å².